The fourth-order valence-electron chi connectivity index (χ4n) is 3.02. The van der Waals surface area contributed by atoms with Crippen LogP contribution in [-0.4, -0.2) is 35.6 Å². The number of hydrogen-bond acceptors (Lipinski definition) is 8. The fraction of sp³-hybridized carbons (Fsp3) is 0.160. The minimum Gasteiger partial charge on any atom is -0.497 e. The predicted octanol–water partition coefficient (Wildman–Crippen LogP) is 5.67. The van der Waals surface area contributed by atoms with Gasteiger partial charge in [0.2, 0.25) is 5.91 Å². The van der Waals surface area contributed by atoms with Crippen LogP contribution in [0.15, 0.2) is 82.4 Å². The van der Waals surface area contributed by atoms with E-state index >= 15 is 0 Å². The van der Waals surface area contributed by atoms with Crippen molar-refractivity contribution in [3.63, 3.8) is 0 Å². The van der Waals surface area contributed by atoms with E-state index in [1.165, 1.54) is 11.8 Å². The maximum atomic E-state index is 12.7. The van der Waals surface area contributed by atoms with Gasteiger partial charge in [-0.15, -0.1) is 10.2 Å². The molecule has 4 rings (SSSR count). The van der Waals surface area contributed by atoms with E-state index in [1.54, 1.807) is 63.6 Å². The second-order valence-corrected chi connectivity index (χ2v) is 8.42. The summed E-state index contributed by atoms with van der Waals surface area (Å²) in [5.74, 6) is 2.73. The van der Waals surface area contributed by atoms with E-state index in [2.05, 4.69) is 15.5 Å². The van der Waals surface area contributed by atoms with Gasteiger partial charge in [-0.05, 0) is 55.5 Å². The summed E-state index contributed by atoms with van der Waals surface area (Å²) in [5.41, 5.74) is 1.30. The van der Waals surface area contributed by atoms with Crippen molar-refractivity contribution < 1.29 is 23.4 Å². The second-order valence-electron chi connectivity index (χ2n) is 7.13. The van der Waals surface area contributed by atoms with Gasteiger partial charge in [-0.3, -0.25) is 4.79 Å². The zero-order valence-electron chi connectivity index (χ0n) is 18.8. The number of para-hydroxylation sites is 1. The number of ether oxygens (including phenoxy) is 3. The van der Waals surface area contributed by atoms with E-state index in [4.69, 9.17) is 18.6 Å². The van der Waals surface area contributed by atoms with Crippen molar-refractivity contribution in [1.29, 1.82) is 0 Å². The summed E-state index contributed by atoms with van der Waals surface area (Å²) in [6.07, 6.45) is 0. The van der Waals surface area contributed by atoms with E-state index in [0.717, 1.165) is 5.75 Å². The molecule has 0 aliphatic rings. The van der Waals surface area contributed by atoms with Gasteiger partial charge >= 0.3 is 0 Å². The van der Waals surface area contributed by atoms with Gasteiger partial charge in [-0.1, -0.05) is 30.0 Å². The summed E-state index contributed by atoms with van der Waals surface area (Å²) in [5, 5.41) is 10.8. The minimum atomic E-state index is -0.466. The van der Waals surface area contributed by atoms with Gasteiger partial charge in [0.05, 0.1) is 25.0 Å². The maximum Gasteiger partial charge on any atom is 0.277 e. The lowest BCUT2D eigenvalue weighted by Gasteiger charge is -2.11. The number of nitrogens with zero attached hydrogens (tertiary/aromatic N) is 2. The molecule has 4 aromatic rings. The van der Waals surface area contributed by atoms with Crippen molar-refractivity contribution >= 4 is 23.4 Å². The first-order chi connectivity index (χ1) is 16.6. The molecule has 0 bridgehead atoms. The van der Waals surface area contributed by atoms with Crippen molar-refractivity contribution in [2.75, 3.05) is 19.5 Å². The zero-order valence-corrected chi connectivity index (χ0v) is 19.7. The number of benzene rings is 3. The summed E-state index contributed by atoms with van der Waals surface area (Å²) in [6.45, 7) is 1.77. The molecule has 3 aromatic carbocycles. The quantitative estimate of drug-likeness (QED) is 0.308. The number of amides is 1. The van der Waals surface area contributed by atoms with E-state index in [9.17, 15) is 4.79 Å². The first-order valence-corrected chi connectivity index (χ1v) is 11.3. The van der Waals surface area contributed by atoms with Crippen LogP contribution in [0.3, 0.4) is 0 Å². The van der Waals surface area contributed by atoms with Crippen molar-refractivity contribution in [2.24, 2.45) is 0 Å². The van der Waals surface area contributed by atoms with Crippen LogP contribution in [0, 0.1) is 0 Å². The average molecular weight is 478 g/mol. The molecule has 174 valence electrons. The Bertz CT molecular complexity index is 1250. The number of nitrogens with one attached hydrogen (secondary N) is 1. The third-order valence-corrected chi connectivity index (χ3v) is 5.73. The molecule has 0 aliphatic heterocycles. The van der Waals surface area contributed by atoms with Gasteiger partial charge in [-0.25, -0.2) is 0 Å². The topological polar surface area (TPSA) is 95.7 Å². The minimum absolute atomic E-state index is 0.191. The largest absolute Gasteiger partial charge is 0.497 e. The molecule has 34 heavy (non-hydrogen) atoms. The maximum absolute atomic E-state index is 12.7. The van der Waals surface area contributed by atoms with Crippen LogP contribution in [-0.2, 0) is 4.79 Å². The molecule has 0 saturated carbocycles. The van der Waals surface area contributed by atoms with E-state index in [1.807, 2.05) is 30.3 Å². The van der Waals surface area contributed by atoms with Gasteiger partial charge in [-0.2, -0.15) is 0 Å². The molecular weight excluding hydrogens is 454 g/mol. The summed E-state index contributed by atoms with van der Waals surface area (Å²) in [7, 11) is 3.13. The zero-order chi connectivity index (χ0) is 23.9. The highest BCUT2D eigenvalue weighted by Gasteiger charge is 2.20. The lowest BCUT2D eigenvalue weighted by Crippen LogP contribution is -2.22. The summed E-state index contributed by atoms with van der Waals surface area (Å²) in [4.78, 5) is 12.7. The van der Waals surface area contributed by atoms with Crippen LogP contribution in [0.5, 0.6) is 23.0 Å². The van der Waals surface area contributed by atoms with E-state index < -0.39 is 5.25 Å². The lowest BCUT2D eigenvalue weighted by molar-refractivity contribution is -0.115. The Morgan fingerprint density at radius 1 is 0.912 bits per heavy atom. The molecule has 0 radical (unpaired) electrons. The van der Waals surface area contributed by atoms with Gasteiger partial charge in [0, 0.05) is 11.8 Å². The van der Waals surface area contributed by atoms with E-state index in [0.29, 0.717) is 34.4 Å². The van der Waals surface area contributed by atoms with Gasteiger partial charge in [0.1, 0.15) is 23.0 Å². The van der Waals surface area contributed by atoms with Crippen LogP contribution < -0.4 is 19.5 Å². The van der Waals surface area contributed by atoms with Gasteiger partial charge in [0.15, 0.2) is 0 Å². The van der Waals surface area contributed by atoms with Crippen molar-refractivity contribution in [2.45, 2.75) is 17.4 Å². The number of hydrogen-bond donors (Lipinski definition) is 1. The molecule has 1 atom stereocenters. The number of thioether (sulfide) groups is 1. The SMILES string of the molecule is COc1ccc(-c2nnc(S[C@@H](C)C(=O)Nc3ccc(Oc4ccccc4)cc3)o2)c(OC)c1. The molecule has 0 fully saturated rings. The molecule has 0 saturated heterocycles. The lowest BCUT2D eigenvalue weighted by atomic mass is 10.2. The number of aromatic nitrogens is 2. The van der Waals surface area contributed by atoms with Crippen LogP contribution in [0.25, 0.3) is 11.5 Å². The normalized spacial score (nSPS) is 11.5. The molecule has 9 heteroatoms. The Labute approximate surface area is 201 Å². The summed E-state index contributed by atoms with van der Waals surface area (Å²) >= 11 is 1.17. The van der Waals surface area contributed by atoms with Crippen molar-refractivity contribution in [3.8, 4) is 34.5 Å². The predicted molar refractivity (Wildman–Crippen MR) is 130 cm³/mol. The average Bonchev–Trinajstić information content (AvgIpc) is 3.33. The first-order valence-electron chi connectivity index (χ1n) is 10.4. The smallest absolute Gasteiger partial charge is 0.277 e. The molecule has 0 aliphatic carbocycles. The monoisotopic (exact) mass is 477 g/mol. The van der Waals surface area contributed by atoms with Gasteiger partial charge in [0.25, 0.3) is 11.1 Å². The van der Waals surface area contributed by atoms with Crippen LogP contribution in [0.4, 0.5) is 5.69 Å². The molecule has 8 nitrogen and oxygen atoms in total. The number of carbonyl (C=O) groups is 1. The Morgan fingerprint density at radius 2 is 1.62 bits per heavy atom. The number of methoxy groups -OCH3 is 2. The van der Waals surface area contributed by atoms with Crippen molar-refractivity contribution in [1.82, 2.24) is 10.2 Å². The Kier molecular flexibility index (Phi) is 7.34. The molecular formula is C25H23N3O5S. The van der Waals surface area contributed by atoms with Crippen LogP contribution in [0.2, 0.25) is 0 Å². The molecule has 1 amide bonds. The first kappa shape index (κ1) is 23.2. The molecule has 0 spiro atoms. The number of anilines is 1. The molecule has 1 aromatic heterocycles. The molecule has 1 N–H and O–H groups in total. The third-order valence-electron chi connectivity index (χ3n) is 4.79. The van der Waals surface area contributed by atoms with Crippen LogP contribution >= 0.6 is 11.8 Å². The highest BCUT2D eigenvalue weighted by molar-refractivity contribution is 8.00. The fourth-order valence-corrected chi connectivity index (χ4v) is 3.70. The van der Waals surface area contributed by atoms with E-state index in [-0.39, 0.29) is 11.1 Å². The number of carbonyl (C=O) groups excluding carboxylic acids is 1. The van der Waals surface area contributed by atoms with Crippen LogP contribution in [0.1, 0.15) is 6.92 Å². The number of rotatable bonds is 9. The van der Waals surface area contributed by atoms with Gasteiger partial charge < -0.3 is 23.9 Å². The molecule has 0 unspecified atom stereocenters. The van der Waals surface area contributed by atoms with Crippen molar-refractivity contribution in [3.05, 3.63) is 72.8 Å². The summed E-state index contributed by atoms with van der Waals surface area (Å²) < 4.78 is 22.1. The Balaban J connectivity index is 1.36. The second kappa shape index (κ2) is 10.8. The standard InChI is InChI=1S/C25H23N3O5S/c1-16(23(29)26-17-9-11-19(12-10-17)32-18-7-5-4-6-8-18)34-25-28-27-24(33-25)21-14-13-20(30-2)15-22(21)31-3/h4-16H,1-3H3,(H,26,29)/t16-/m0/s1. The third kappa shape index (κ3) is 5.68. The summed E-state index contributed by atoms with van der Waals surface area (Å²) in [6, 6.07) is 22.0. The Hall–Kier alpha value is -3.98. The Morgan fingerprint density at radius 3 is 2.32 bits per heavy atom. The highest BCUT2D eigenvalue weighted by Crippen LogP contribution is 2.34. The highest BCUT2D eigenvalue weighted by atomic mass is 32.2. The molecule has 1 heterocycles.